The fourth-order valence-electron chi connectivity index (χ4n) is 3.57. The van der Waals surface area contributed by atoms with Gasteiger partial charge in [0.25, 0.3) is 0 Å². The van der Waals surface area contributed by atoms with Crippen molar-refractivity contribution in [1.29, 1.82) is 0 Å². The first-order valence-corrected chi connectivity index (χ1v) is 10.7. The van der Waals surface area contributed by atoms with Gasteiger partial charge in [-0.05, 0) is 60.0 Å². The predicted molar refractivity (Wildman–Crippen MR) is 132 cm³/mol. The van der Waals surface area contributed by atoms with E-state index >= 15 is 0 Å². The molecule has 0 bridgehead atoms. The molecule has 0 fully saturated rings. The van der Waals surface area contributed by atoms with E-state index in [0.29, 0.717) is 12.2 Å². The van der Waals surface area contributed by atoms with Crippen molar-refractivity contribution in [2.45, 2.75) is 12.8 Å². The number of para-hydroxylation sites is 2. The van der Waals surface area contributed by atoms with Gasteiger partial charge in [0.1, 0.15) is 5.76 Å². The van der Waals surface area contributed by atoms with Gasteiger partial charge in [-0.15, -0.1) is 0 Å². The third-order valence-electron chi connectivity index (χ3n) is 5.21. The van der Waals surface area contributed by atoms with Gasteiger partial charge < -0.3 is 9.64 Å². The van der Waals surface area contributed by atoms with Gasteiger partial charge in [-0.2, -0.15) is 0 Å². The molecule has 0 heterocycles. The van der Waals surface area contributed by atoms with Crippen molar-refractivity contribution in [3.63, 3.8) is 0 Å². The molecule has 0 saturated heterocycles. The molecule has 0 aliphatic heterocycles. The smallest absolute Gasteiger partial charge is 0.335 e. The van der Waals surface area contributed by atoms with Crippen LogP contribution in [0.2, 0.25) is 0 Å². The number of hydrogen-bond acceptors (Lipinski definition) is 3. The van der Waals surface area contributed by atoms with Crippen LogP contribution in [0.4, 0.5) is 17.1 Å². The number of anilines is 3. The van der Waals surface area contributed by atoms with E-state index in [4.69, 9.17) is 4.74 Å². The summed E-state index contributed by atoms with van der Waals surface area (Å²) in [4.78, 5) is 13.6. The molecule has 4 rings (SSSR count). The molecule has 0 N–H and O–H groups in total. The zero-order chi connectivity index (χ0) is 22.2. The van der Waals surface area contributed by atoms with Crippen LogP contribution in [0, 0.1) is 0 Å². The first-order valence-electron chi connectivity index (χ1n) is 10.7. The molecule has 1 aliphatic carbocycles. The Labute approximate surface area is 189 Å². The maximum absolute atomic E-state index is 11.3. The highest BCUT2D eigenvalue weighted by Gasteiger charge is 2.11. The van der Waals surface area contributed by atoms with E-state index in [2.05, 4.69) is 96.4 Å². The second-order valence-corrected chi connectivity index (χ2v) is 7.43. The summed E-state index contributed by atoms with van der Waals surface area (Å²) >= 11 is 0. The number of hydrogen-bond donors (Lipinski definition) is 0. The molecule has 3 nitrogen and oxygen atoms in total. The fraction of sp³-hybridized carbons (Fsp3) is 0.0690. The molecule has 32 heavy (non-hydrogen) atoms. The molecule has 3 aromatic carbocycles. The number of carbonyl (C=O) groups excluding carboxylic acids is 1. The summed E-state index contributed by atoms with van der Waals surface area (Å²) in [5.74, 6) is 0.266. The van der Waals surface area contributed by atoms with E-state index < -0.39 is 5.97 Å². The van der Waals surface area contributed by atoms with Crippen molar-refractivity contribution >= 4 is 29.1 Å². The van der Waals surface area contributed by atoms with E-state index in [1.807, 2.05) is 24.3 Å². The Hall–Kier alpha value is -4.11. The summed E-state index contributed by atoms with van der Waals surface area (Å²) < 4.78 is 5.19. The lowest BCUT2D eigenvalue weighted by Crippen LogP contribution is -2.09. The molecular formula is C29H25NO2. The highest BCUT2D eigenvalue weighted by atomic mass is 16.5. The monoisotopic (exact) mass is 419 g/mol. The van der Waals surface area contributed by atoms with Gasteiger partial charge in [0.15, 0.2) is 0 Å². The maximum atomic E-state index is 11.3. The van der Waals surface area contributed by atoms with Gasteiger partial charge in [-0.25, -0.2) is 4.79 Å². The van der Waals surface area contributed by atoms with Gasteiger partial charge >= 0.3 is 5.97 Å². The van der Waals surface area contributed by atoms with Gasteiger partial charge in [-0.1, -0.05) is 73.3 Å². The van der Waals surface area contributed by atoms with Crippen LogP contribution in [0.1, 0.15) is 18.4 Å². The van der Waals surface area contributed by atoms with Crippen molar-refractivity contribution in [2.75, 3.05) is 4.90 Å². The van der Waals surface area contributed by atoms with Crippen molar-refractivity contribution in [1.82, 2.24) is 0 Å². The quantitative estimate of drug-likeness (QED) is 0.293. The number of benzene rings is 3. The molecule has 0 aromatic heterocycles. The molecule has 0 unspecified atom stereocenters. The Morgan fingerprint density at radius 3 is 1.88 bits per heavy atom. The molecule has 0 radical (unpaired) electrons. The summed E-state index contributed by atoms with van der Waals surface area (Å²) in [5, 5.41) is 0. The van der Waals surface area contributed by atoms with Crippen LogP contribution in [0.25, 0.3) is 6.08 Å². The molecule has 0 atom stereocenters. The van der Waals surface area contributed by atoms with E-state index in [1.54, 1.807) is 0 Å². The minimum Gasteiger partial charge on any atom is -0.428 e. The lowest BCUT2D eigenvalue weighted by Gasteiger charge is -2.25. The van der Waals surface area contributed by atoms with Gasteiger partial charge in [0.05, 0.1) is 0 Å². The van der Waals surface area contributed by atoms with Crippen molar-refractivity contribution < 1.29 is 9.53 Å². The topological polar surface area (TPSA) is 29.5 Å². The van der Waals surface area contributed by atoms with Crippen LogP contribution in [0.5, 0.6) is 0 Å². The summed E-state index contributed by atoms with van der Waals surface area (Å²) in [6.07, 6.45) is 10.8. The fourth-order valence-corrected chi connectivity index (χ4v) is 3.57. The van der Waals surface area contributed by atoms with Crippen molar-refractivity contribution in [2.24, 2.45) is 0 Å². The van der Waals surface area contributed by atoms with Crippen LogP contribution >= 0.6 is 0 Å². The molecule has 0 amide bonds. The zero-order valence-electron chi connectivity index (χ0n) is 17.9. The molecule has 3 heteroatoms. The minimum absolute atomic E-state index is 0.413. The minimum atomic E-state index is -0.413. The van der Waals surface area contributed by atoms with Crippen LogP contribution in [-0.4, -0.2) is 5.97 Å². The van der Waals surface area contributed by atoms with Gasteiger partial charge in [-0.3, -0.25) is 0 Å². The number of carbonyl (C=O) groups is 1. The van der Waals surface area contributed by atoms with E-state index in [1.165, 1.54) is 11.6 Å². The molecule has 0 spiro atoms. The molecule has 158 valence electrons. The third-order valence-corrected chi connectivity index (χ3v) is 5.21. The summed E-state index contributed by atoms with van der Waals surface area (Å²) in [6.45, 7) is 3.42. The average molecular weight is 420 g/mol. The second kappa shape index (κ2) is 10.3. The molecule has 0 saturated carbocycles. The highest BCUT2D eigenvalue weighted by molar-refractivity contribution is 5.82. The van der Waals surface area contributed by atoms with Crippen LogP contribution < -0.4 is 4.90 Å². The predicted octanol–water partition coefficient (Wildman–Crippen LogP) is 7.50. The largest absolute Gasteiger partial charge is 0.428 e. The normalized spacial score (nSPS) is 13.2. The van der Waals surface area contributed by atoms with E-state index in [-0.39, 0.29) is 0 Å². The number of esters is 1. The van der Waals surface area contributed by atoms with E-state index in [0.717, 1.165) is 29.0 Å². The molecule has 3 aromatic rings. The molecule has 1 aliphatic rings. The Morgan fingerprint density at radius 2 is 1.34 bits per heavy atom. The average Bonchev–Trinajstić information content (AvgIpc) is 2.86. The summed E-state index contributed by atoms with van der Waals surface area (Å²) in [6, 6.07) is 29.3. The lowest BCUT2D eigenvalue weighted by atomic mass is 10.0. The number of rotatable bonds is 7. The highest BCUT2D eigenvalue weighted by Crippen LogP contribution is 2.34. The summed E-state index contributed by atoms with van der Waals surface area (Å²) in [7, 11) is 0. The lowest BCUT2D eigenvalue weighted by molar-refractivity contribution is -0.134. The Morgan fingerprint density at radius 1 is 0.750 bits per heavy atom. The SMILES string of the molecule is C=CC(=O)OC1=CC=C(C=Cc2ccc(N(c3ccccc3)c3ccccc3)cc2)CC1. The van der Waals surface area contributed by atoms with E-state index in [9.17, 15) is 4.79 Å². The number of allylic oxidation sites excluding steroid dienone is 5. The van der Waals surface area contributed by atoms with Crippen molar-refractivity contribution in [3.05, 3.63) is 133 Å². The van der Waals surface area contributed by atoms with Crippen molar-refractivity contribution in [3.8, 4) is 0 Å². The maximum Gasteiger partial charge on any atom is 0.335 e. The summed E-state index contributed by atoms with van der Waals surface area (Å²) in [5.41, 5.74) is 5.67. The number of ether oxygens (including phenoxy) is 1. The Bertz CT molecular complexity index is 1120. The van der Waals surface area contributed by atoms with Gasteiger partial charge in [0, 0.05) is 29.6 Å². The Balaban J connectivity index is 1.51. The zero-order valence-corrected chi connectivity index (χ0v) is 17.9. The first-order chi connectivity index (χ1) is 15.7. The standard InChI is InChI=1S/C29H25NO2/c1-2-29(31)32-28-21-17-24(18-22-28)14-13-23-15-19-27(20-16-23)30(25-9-5-3-6-10-25)26-11-7-4-8-12-26/h2-17,19-21H,1,18,22H2. The van der Waals surface area contributed by atoms with Crippen LogP contribution in [0.15, 0.2) is 127 Å². The van der Waals surface area contributed by atoms with Crippen LogP contribution in [-0.2, 0) is 9.53 Å². The first kappa shape index (κ1) is 21.1. The van der Waals surface area contributed by atoms with Crippen LogP contribution in [0.3, 0.4) is 0 Å². The third kappa shape index (κ3) is 5.32. The molecular weight excluding hydrogens is 394 g/mol. The Kier molecular flexibility index (Phi) is 6.78. The second-order valence-electron chi connectivity index (χ2n) is 7.43. The van der Waals surface area contributed by atoms with Gasteiger partial charge in [0.2, 0.25) is 0 Å². The number of nitrogens with zero attached hydrogens (tertiary/aromatic N) is 1.